The number of likely N-dealkylation sites (tertiary alicyclic amines) is 1. The molecule has 0 radical (unpaired) electrons. The quantitative estimate of drug-likeness (QED) is 0.265. The first-order valence-corrected chi connectivity index (χ1v) is 13.1. The summed E-state index contributed by atoms with van der Waals surface area (Å²) in [6.45, 7) is 7.28. The van der Waals surface area contributed by atoms with Crippen LogP contribution >= 0.6 is 0 Å². The zero-order chi connectivity index (χ0) is 26.5. The number of carbonyl (C=O) groups is 1. The van der Waals surface area contributed by atoms with Gasteiger partial charge < -0.3 is 25.2 Å². The third kappa shape index (κ3) is 7.78. The van der Waals surface area contributed by atoms with Crippen molar-refractivity contribution in [3.63, 3.8) is 0 Å². The molecule has 2 aromatic rings. The highest BCUT2D eigenvalue weighted by Crippen LogP contribution is 2.26. The standard InChI is InChI=1S/C22H29N3O.C8H12N2O/c1-23-18-6-8-19(9-7-18)25-16-21(20-4-2-3-5-22(20)25)17-10-12-24(13-11-17)14-15-26;1-3-4-8(5-9-2)6-10-7-11/h4-9,16-17,23,26H,2-3,10-15H2,1H3;3-5,7H,1,6H2,2H3,(H,10,11)/b;8-4+,9-5?. The number of hydrogen-bond acceptors (Lipinski definition) is 5. The molecule has 1 aromatic heterocycles. The van der Waals surface area contributed by atoms with Gasteiger partial charge in [-0.1, -0.05) is 30.9 Å². The second-order valence-corrected chi connectivity index (χ2v) is 9.24. The minimum atomic E-state index is 0.266. The van der Waals surface area contributed by atoms with Crippen LogP contribution in [-0.2, 0) is 4.79 Å². The van der Waals surface area contributed by atoms with Crippen LogP contribution in [0.3, 0.4) is 0 Å². The fraction of sp³-hybridized carbons (Fsp3) is 0.400. The summed E-state index contributed by atoms with van der Waals surface area (Å²) in [7, 11) is 3.63. The molecule has 1 aliphatic carbocycles. The van der Waals surface area contributed by atoms with Crippen LogP contribution in [0.2, 0.25) is 0 Å². The summed E-state index contributed by atoms with van der Waals surface area (Å²) in [4.78, 5) is 16.1. The normalized spacial score (nSPS) is 16.1. The van der Waals surface area contributed by atoms with Crippen LogP contribution in [0.5, 0.6) is 0 Å². The molecule has 7 heteroatoms. The number of allylic oxidation sites excluding steroid dienone is 2. The number of aliphatic hydroxyl groups excluding tert-OH is 1. The Labute approximate surface area is 220 Å². The van der Waals surface area contributed by atoms with Crippen LogP contribution in [0.4, 0.5) is 5.69 Å². The van der Waals surface area contributed by atoms with Crippen molar-refractivity contribution in [1.82, 2.24) is 14.8 Å². The first-order chi connectivity index (χ1) is 18.1. The number of nitrogens with one attached hydrogen (secondary N) is 2. The number of piperidine rings is 1. The van der Waals surface area contributed by atoms with Gasteiger partial charge in [0.1, 0.15) is 0 Å². The van der Waals surface area contributed by atoms with Gasteiger partial charge in [0.15, 0.2) is 0 Å². The van der Waals surface area contributed by atoms with Crippen molar-refractivity contribution in [3.05, 3.63) is 70.9 Å². The van der Waals surface area contributed by atoms with E-state index in [4.69, 9.17) is 5.11 Å². The summed E-state index contributed by atoms with van der Waals surface area (Å²) < 4.78 is 2.37. The number of rotatable bonds is 10. The molecule has 1 fully saturated rings. The van der Waals surface area contributed by atoms with Crippen molar-refractivity contribution in [2.75, 3.05) is 52.2 Å². The highest BCUT2D eigenvalue weighted by Gasteiger charge is 2.23. The number of aliphatic imine (C=N–C) groups is 1. The second kappa shape index (κ2) is 15.0. The van der Waals surface area contributed by atoms with Gasteiger partial charge in [-0.3, -0.25) is 9.79 Å². The average Bonchev–Trinajstić information content (AvgIpc) is 3.33. The maximum absolute atomic E-state index is 9.91. The van der Waals surface area contributed by atoms with Crippen molar-refractivity contribution >= 4 is 30.5 Å². The summed E-state index contributed by atoms with van der Waals surface area (Å²) in [6.07, 6.45) is 17.6. The highest BCUT2D eigenvalue weighted by atomic mass is 16.3. The third-order valence-electron chi connectivity index (χ3n) is 6.86. The van der Waals surface area contributed by atoms with E-state index < -0.39 is 0 Å². The molecule has 1 amide bonds. The Bertz CT molecular complexity index is 1190. The molecular formula is C30H41N5O2. The zero-order valence-corrected chi connectivity index (χ0v) is 22.2. The number of aromatic nitrogens is 1. The maximum atomic E-state index is 9.91. The molecule has 4 rings (SSSR count). The van der Waals surface area contributed by atoms with Gasteiger partial charge in [0.05, 0.1) is 6.61 Å². The van der Waals surface area contributed by atoms with Crippen LogP contribution < -0.4 is 21.2 Å². The number of nitrogens with zero attached hydrogens (tertiary/aromatic N) is 3. The Kier molecular flexibility index (Phi) is 11.4. The van der Waals surface area contributed by atoms with Crippen molar-refractivity contribution in [1.29, 1.82) is 0 Å². The smallest absolute Gasteiger partial charge is 0.207 e. The largest absolute Gasteiger partial charge is 0.395 e. The predicted octanol–water partition coefficient (Wildman–Crippen LogP) is 2.59. The maximum Gasteiger partial charge on any atom is 0.207 e. The number of hydrogen-bond donors (Lipinski definition) is 3. The van der Waals surface area contributed by atoms with Gasteiger partial charge in [0, 0.05) is 56.3 Å². The molecule has 3 N–H and O–H groups in total. The lowest BCUT2D eigenvalue weighted by atomic mass is 9.89. The molecule has 7 nitrogen and oxygen atoms in total. The van der Waals surface area contributed by atoms with E-state index in [1.165, 1.54) is 34.7 Å². The lowest BCUT2D eigenvalue weighted by Crippen LogP contribution is -2.37. The number of β-amino-alcohol motifs (C(OH)–C–C–N with tert-alkyl or cyclic N) is 1. The Morgan fingerprint density at radius 1 is 1.19 bits per heavy atom. The van der Waals surface area contributed by atoms with Gasteiger partial charge in [-0.15, -0.1) is 0 Å². The molecule has 2 heterocycles. The summed E-state index contributed by atoms with van der Waals surface area (Å²) in [6, 6.07) is 8.67. The molecule has 0 unspecified atom stereocenters. The van der Waals surface area contributed by atoms with Crippen molar-refractivity contribution in [2.24, 2.45) is 4.99 Å². The highest BCUT2D eigenvalue weighted by molar-refractivity contribution is 5.79. The molecular weight excluding hydrogens is 462 g/mol. The van der Waals surface area contributed by atoms with Crippen molar-refractivity contribution in [3.8, 4) is 5.69 Å². The molecule has 1 aromatic carbocycles. The monoisotopic (exact) mass is 503 g/mol. The number of fused-ring (bicyclic) bond motifs is 1. The van der Waals surface area contributed by atoms with E-state index in [0.29, 0.717) is 18.9 Å². The van der Waals surface area contributed by atoms with E-state index in [1.54, 1.807) is 25.4 Å². The van der Waals surface area contributed by atoms with Gasteiger partial charge in [0.25, 0.3) is 0 Å². The minimum Gasteiger partial charge on any atom is -0.395 e. The molecule has 1 saturated heterocycles. The molecule has 0 spiro atoms. The topological polar surface area (TPSA) is 81.9 Å². The van der Waals surface area contributed by atoms with E-state index in [0.717, 1.165) is 43.7 Å². The second-order valence-electron chi connectivity index (χ2n) is 9.24. The van der Waals surface area contributed by atoms with Crippen LogP contribution in [0, 0.1) is 0 Å². The van der Waals surface area contributed by atoms with Crippen LogP contribution in [0.25, 0.3) is 17.8 Å². The number of anilines is 1. The zero-order valence-electron chi connectivity index (χ0n) is 22.2. The number of amides is 1. The molecule has 0 atom stereocenters. The summed E-state index contributed by atoms with van der Waals surface area (Å²) in [5, 5.41) is 17.7. The summed E-state index contributed by atoms with van der Waals surface area (Å²) >= 11 is 0. The Balaban J connectivity index is 0.000000295. The lowest BCUT2D eigenvalue weighted by Gasteiger charge is -2.31. The van der Waals surface area contributed by atoms with Gasteiger partial charge in [-0.2, -0.15) is 0 Å². The van der Waals surface area contributed by atoms with E-state index in [2.05, 4.69) is 74.3 Å². The molecule has 198 valence electrons. The van der Waals surface area contributed by atoms with E-state index in [1.807, 2.05) is 7.05 Å². The SMILES string of the molecule is C=C/C=C(\C=NC)CNC=O.CNc1ccc(-n2cc(C3CCN(CCO)CC3)c3c2=CCCC=3)cc1. The number of aliphatic hydroxyl groups is 1. The fourth-order valence-electron chi connectivity index (χ4n) is 5.00. The van der Waals surface area contributed by atoms with E-state index in [-0.39, 0.29) is 6.61 Å². The van der Waals surface area contributed by atoms with Crippen LogP contribution in [0.1, 0.15) is 37.2 Å². The Hall–Kier alpha value is -3.42. The Morgan fingerprint density at radius 2 is 1.92 bits per heavy atom. The molecule has 1 aliphatic heterocycles. The molecule has 2 aliphatic rings. The van der Waals surface area contributed by atoms with Crippen LogP contribution in [0.15, 0.2) is 59.8 Å². The van der Waals surface area contributed by atoms with Crippen LogP contribution in [-0.4, -0.2) is 74.1 Å². The Morgan fingerprint density at radius 3 is 2.54 bits per heavy atom. The fourth-order valence-corrected chi connectivity index (χ4v) is 5.00. The summed E-state index contributed by atoms with van der Waals surface area (Å²) in [5.41, 5.74) is 4.81. The first-order valence-electron chi connectivity index (χ1n) is 13.1. The van der Waals surface area contributed by atoms with Crippen molar-refractivity contribution < 1.29 is 9.90 Å². The van der Waals surface area contributed by atoms with Gasteiger partial charge >= 0.3 is 0 Å². The van der Waals surface area contributed by atoms with Gasteiger partial charge in [-0.25, -0.2) is 0 Å². The minimum absolute atomic E-state index is 0.266. The van der Waals surface area contributed by atoms with E-state index in [9.17, 15) is 4.79 Å². The number of carbonyl (C=O) groups excluding carboxylic acids is 1. The molecule has 37 heavy (non-hydrogen) atoms. The van der Waals surface area contributed by atoms with Gasteiger partial charge in [-0.05, 0) is 85.3 Å². The molecule has 0 bridgehead atoms. The first kappa shape index (κ1) is 28.2. The predicted molar refractivity (Wildman–Crippen MR) is 155 cm³/mol. The lowest BCUT2D eigenvalue weighted by molar-refractivity contribution is -0.109. The average molecular weight is 504 g/mol. The van der Waals surface area contributed by atoms with Crippen molar-refractivity contribution in [2.45, 2.75) is 31.6 Å². The third-order valence-corrected chi connectivity index (χ3v) is 6.86. The molecule has 0 saturated carbocycles. The van der Waals surface area contributed by atoms with Gasteiger partial charge in [0.2, 0.25) is 6.41 Å². The number of benzene rings is 1. The van der Waals surface area contributed by atoms with E-state index >= 15 is 0 Å². The summed E-state index contributed by atoms with van der Waals surface area (Å²) in [5.74, 6) is 0.624.